The minimum Gasteiger partial charge on any atom is -0.322 e. The number of carbonyl (C=O) groups is 3. The summed E-state index contributed by atoms with van der Waals surface area (Å²) in [5, 5.41) is 2.34. The molecule has 2 aliphatic rings. The third-order valence-electron chi connectivity index (χ3n) is 6.03. The molecule has 168 valence electrons. The van der Waals surface area contributed by atoms with Crippen molar-refractivity contribution in [2.45, 2.75) is 32.0 Å². The van der Waals surface area contributed by atoms with Gasteiger partial charge in [0.25, 0.3) is 5.91 Å². The number of hydrogen-bond acceptors (Lipinski definition) is 6. The van der Waals surface area contributed by atoms with E-state index >= 15 is 0 Å². The van der Waals surface area contributed by atoms with Crippen molar-refractivity contribution >= 4 is 17.7 Å². The average molecular weight is 436 g/mol. The molecule has 1 fully saturated rings. The molecule has 3 amide bonds. The van der Waals surface area contributed by atoms with Crippen molar-refractivity contribution in [2.24, 2.45) is 0 Å². The fourth-order valence-electron chi connectivity index (χ4n) is 4.23. The molecule has 1 unspecified atom stereocenters. The van der Waals surface area contributed by atoms with Crippen molar-refractivity contribution in [3.63, 3.8) is 0 Å². The molecule has 0 bridgehead atoms. The highest BCUT2D eigenvalue weighted by Crippen LogP contribution is 2.31. The molecule has 0 spiro atoms. The molecule has 0 radical (unpaired) electrons. The summed E-state index contributed by atoms with van der Waals surface area (Å²) in [6, 6.07) is 9.22. The number of benzene rings is 1. The first-order valence-corrected chi connectivity index (χ1v) is 10.9. The zero-order chi connectivity index (χ0) is 22.8. The minimum atomic E-state index is -0.602. The average Bonchev–Trinajstić information content (AvgIpc) is 3.08. The van der Waals surface area contributed by atoms with Gasteiger partial charge in [0.05, 0.1) is 5.69 Å². The lowest BCUT2D eigenvalue weighted by molar-refractivity contribution is -0.136. The van der Waals surface area contributed by atoms with Gasteiger partial charge in [-0.25, -0.2) is 0 Å². The maximum absolute atomic E-state index is 12.9. The van der Waals surface area contributed by atoms with Crippen LogP contribution in [0.25, 0.3) is 11.3 Å². The Bertz CT molecular complexity index is 1050. The van der Waals surface area contributed by atoms with Gasteiger partial charge in [-0.1, -0.05) is 6.07 Å². The number of pyridine rings is 1. The Morgan fingerprint density at radius 1 is 1.09 bits per heavy atom. The Morgan fingerprint density at radius 3 is 2.66 bits per heavy atom. The van der Waals surface area contributed by atoms with Gasteiger partial charge < -0.3 is 14.7 Å². The van der Waals surface area contributed by atoms with Crippen molar-refractivity contribution < 1.29 is 14.4 Å². The van der Waals surface area contributed by atoms with Crippen LogP contribution in [0.4, 0.5) is 0 Å². The van der Waals surface area contributed by atoms with E-state index in [1.807, 2.05) is 30.5 Å². The Hall–Kier alpha value is -3.10. The Labute approximate surface area is 188 Å². The first-order valence-electron chi connectivity index (χ1n) is 10.9. The maximum atomic E-state index is 12.9. The summed E-state index contributed by atoms with van der Waals surface area (Å²) >= 11 is 0. The van der Waals surface area contributed by atoms with Gasteiger partial charge in [0, 0.05) is 49.9 Å². The van der Waals surface area contributed by atoms with Gasteiger partial charge >= 0.3 is 0 Å². The van der Waals surface area contributed by atoms with Crippen LogP contribution < -0.4 is 5.32 Å². The van der Waals surface area contributed by atoms with Gasteiger partial charge in [-0.2, -0.15) is 0 Å². The van der Waals surface area contributed by atoms with E-state index < -0.39 is 11.9 Å². The summed E-state index contributed by atoms with van der Waals surface area (Å²) in [5.41, 5.74) is 4.47. The number of nitrogens with zero attached hydrogens (tertiary/aromatic N) is 4. The lowest BCUT2D eigenvalue weighted by atomic mass is 10.0. The van der Waals surface area contributed by atoms with E-state index in [1.54, 1.807) is 4.90 Å². The number of piperidine rings is 1. The quantitative estimate of drug-likeness (QED) is 0.664. The Kier molecular flexibility index (Phi) is 6.34. The lowest BCUT2D eigenvalue weighted by Crippen LogP contribution is -2.52. The van der Waals surface area contributed by atoms with Crippen molar-refractivity contribution in [3.8, 4) is 11.3 Å². The smallest absolute Gasteiger partial charge is 0.255 e. The number of carbonyl (C=O) groups excluding carboxylic acids is 3. The summed E-state index contributed by atoms with van der Waals surface area (Å²) in [7, 11) is 6.24. The molecule has 0 aliphatic carbocycles. The summed E-state index contributed by atoms with van der Waals surface area (Å²) < 4.78 is 0. The van der Waals surface area contributed by atoms with Crippen LogP contribution in [0.3, 0.4) is 0 Å². The van der Waals surface area contributed by atoms with Gasteiger partial charge in [-0.05, 0) is 63.0 Å². The van der Waals surface area contributed by atoms with E-state index in [0.717, 1.165) is 36.5 Å². The molecule has 1 atom stereocenters. The van der Waals surface area contributed by atoms with Crippen molar-refractivity contribution in [1.82, 2.24) is 25.0 Å². The number of amides is 3. The molecule has 3 heterocycles. The zero-order valence-corrected chi connectivity index (χ0v) is 18.8. The highest BCUT2D eigenvalue weighted by Gasteiger charge is 2.39. The van der Waals surface area contributed by atoms with Crippen LogP contribution in [-0.2, 0) is 22.7 Å². The first-order chi connectivity index (χ1) is 15.3. The molecule has 1 N–H and O–H groups in total. The predicted octanol–water partition coefficient (Wildman–Crippen LogP) is 1.50. The van der Waals surface area contributed by atoms with Crippen molar-refractivity contribution in [3.05, 3.63) is 53.2 Å². The molecule has 8 heteroatoms. The Morgan fingerprint density at radius 2 is 1.91 bits per heavy atom. The van der Waals surface area contributed by atoms with Crippen LogP contribution in [0.1, 0.15) is 34.3 Å². The van der Waals surface area contributed by atoms with Crippen LogP contribution in [0, 0.1) is 0 Å². The molecule has 1 aromatic heterocycles. The van der Waals surface area contributed by atoms with E-state index in [4.69, 9.17) is 0 Å². The number of nitrogens with one attached hydrogen (secondary N) is 1. The molecular formula is C24H29N5O3. The second-order valence-electron chi connectivity index (χ2n) is 8.86. The topological polar surface area (TPSA) is 85.8 Å². The largest absolute Gasteiger partial charge is 0.322 e. The number of fused-ring (bicyclic) bond motifs is 1. The number of imide groups is 1. The standard InChI is InChI=1S/C24H29N5O3/c1-27(2)10-11-28(3)14-16-8-9-25-20(12-16)17-4-5-19-18(13-17)15-29(24(19)32)21-6-7-22(30)26-23(21)31/h4-5,8-9,12-13,21H,6-7,10-11,14-15H2,1-3H3,(H,26,30,31). The summed E-state index contributed by atoms with van der Waals surface area (Å²) in [4.78, 5) is 47.1. The fourth-order valence-corrected chi connectivity index (χ4v) is 4.23. The van der Waals surface area contributed by atoms with Crippen LogP contribution in [0.15, 0.2) is 36.5 Å². The molecular weight excluding hydrogens is 406 g/mol. The van der Waals surface area contributed by atoms with E-state index in [-0.39, 0.29) is 18.2 Å². The number of likely N-dealkylation sites (N-methyl/N-ethyl adjacent to an activating group) is 2. The molecule has 4 rings (SSSR count). The normalized spacial score (nSPS) is 18.5. The highest BCUT2D eigenvalue weighted by atomic mass is 16.2. The summed E-state index contributed by atoms with van der Waals surface area (Å²) in [6.07, 6.45) is 2.43. The Balaban J connectivity index is 1.50. The van der Waals surface area contributed by atoms with Gasteiger partial charge in [-0.15, -0.1) is 0 Å². The van der Waals surface area contributed by atoms with Gasteiger partial charge in [0.1, 0.15) is 6.04 Å². The van der Waals surface area contributed by atoms with Crippen molar-refractivity contribution in [2.75, 3.05) is 34.2 Å². The van der Waals surface area contributed by atoms with Gasteiger partial charge in [0.2, 0.25) is 11.8 Å². The number of aromatic nitrogens is 1. The van der Waals surface area contributed by atoms with Gasteiger partial charge in [-0.3, -0.25) is 24.7 Å². The number of rotatable bonds is 7. The van der Waals surface area contributed by atoms with E-state index in [2.05, 4.69) is 47.3 Å². The zero-order valence-electron chi connectivity index (χ0n) is 18.8. The monoisotopic (exact) mass is 435 g/mol. The van der Waals surface area contributed by atoms with Crippen LogP contribution in [0.2, 0.25) is 0 Å². The molecule has 32 heavy (non-hydrogen) atoms. The fraction of sp³-hybridized carbons (Fsp3) is 0.417. The molecule has 2 aromatic rings. The van der Waals surface area contributed by atoms with Crippen LogP contribution >= 0.6 is 0 Å². The summed E-state index contributed by atoms with van der Waals surface area (Å²) in [6.45, 7) is 3.16. The van der Waals surface area contributed by atoms with E-state index in [9.17, 15) is 14.4 Å². The second-order valence-corrected chi connectivity index (χ2v) is 8.86. The van der Waals surface area contributed by atoms with E-state index in [0.29, 0.717) is 18.5 Å². The number of hydrogen-bond donors (Lipinski definition) is 1. The highest BCUT2D eigenvalue weighted by molar-refractivity contribution is 6.05. The molecule has 2 aliphatic heterocycles. The molecule has 1 aromatic carbocycles. The predicted molar refractivity (Wildman–Crippen MR) is 121 cm³/mol. The SMILES string of the molecule is CN(C)CCN(C)Cc1ccnc(-c2ccc3c(c2)CN(C2CCC(=O)NC2=O)C3=O)c1. The van der Waals surface area contributed by atoms with Crippen LogP contribution in [0.5, 0.6) is 0 Å². The molecule has 0 saturated carbocycles. The van der Waals surface area contributed by atoms with Gasteiger partial charge in [0.15, 0.2) is 0 Å². The summed E-state index contributed by atoms with van der Waals surface area (Å²) in [5.74, 6) is -0.836. The third kappa shape index (κ3) is 4.71. The second kappa shape index (κ2) is 9.18. The first kappa shape index (κ1) is 22.1. The third-order valence-corrected chi connectivity index (χ3v) is 6.03. The molecule has 1 saturated heterocycles. The van der Waals surface area contributed by atoms with Crippen LogP contribution in [-0.4, -0.2) is 77.7 Å². The maximum Gasteiger partial charge on any atom is 0.255 e. The lowest BCUT2D eigenvalue weighted by Gasteiger charge is -2.29. The molecule has 8 nitrogen and oxygen atoms in total. The minimum absolute atomic E-state index is 0.162. The van der Waals surface area contributed by atoms with E-state index in [1.165, 1.54) is 5.56 Å². The van der Waals surface area contributed by atoms with Crippen molar-refractivity contribution in [1.29, 1.82) is 0 Å².